The quantitative estimate of drug-likeness (QED) is 0.636. The van der Waals surface area contributed by atoms with Gasteiger partial charge in [0.05, 0.1) is 17.6 Å². The highest BCUT2D eigenvalue weighted by atomic mass is 19.4. The number of ether oxygens (including phenoxy) is 1. The molecule has 168 valence electrons. The fraction of sp³-hybridized carbons (Fsp3) is 0.381. The monoisotopic (exact) mass is 449 g/mol. The molecule has 4 rings (SSSR count). The van der Waals surface area contributed by atoms with Crippen LogP contribution in [0.4, 0.5) is 13.2 Å². The average Bonchev–Trinajstić information content (AvgIpc) is 3.11. The molecule has 2 aliphatic rings. The van der Waals surface area contributed by atoms with Crippen LogP contribution in [0.3, 0.4) is 0 Å². The lowest BCUT2D eigenvalue weighted by atomic mass is 9.78. The van der Waals surface area contributed by atoms with E-state index in [1.165, 1.54) is 43.3 Å². The molecule has 4 atom stereocenters. The fourth-order valence-electron chi connectivity index (χ4n) is 4.55. The number of amides is 1. The Morgan fingerprint density at radius 2 is 1.94 bits per heavy atom. The molecule has 0 unspecified atom stereocenters. The average molecular weight is 449 g/mol. The molecule has 1 fully saturated rings. The van der Waals surface area contributed by atoms with Crippen molar-refractivity contribution in [2.24, 2.45) is 5.92 Å². The van der Waals surface area contributed by atoms with Crippen LogP contribution in [0.1, 0.15) is 28.9 Å². The third kappa shape index (κ3) is 2.76. The predicted molar refractivity (Wildman–Crippen MR) is 101 cm³/mol. The number of aromatic hydroxyl groups is 1. The number of pyridine rings is 1. The largest absolute Gasteiger partial charge is 0.506 e. The lowest BCUT2D eigenvalue weighted by molar-refractivity contribution is -0.158. The van der Waals surface area contributed by atoms with E-state index in [-0.39, 0.29) is 23.3 Å². The summed E-state index contributed by atoms with van der Waals surface area (Å²) in [6, 6.07) is 8.29. The van der Waals surface area contributed by atoms with Gasteiger partial charge in [-0.2, -0.15) is 18.4 Å². The Labute approximate surface area is 180 Å². The summed E-state index contributed by atoms with van der Waals surface area (Å²) in [5, 5.41) is 41.7. The summed E-state index contributed by atoms with van der Waals surface area (Å²) in [7, 11) is 2.88. The van der Waals surface area contributed by atoms with Crippen molar-refractivity contribution in [1.29, 1.82) is 5.26 Å². The van der Waals surface area contributed by atoms with Gasteiger partial charge < -0.3 is 25.0 Å². The van der Waals surface area contributed by atoms with Gasteiger partial charge in [0.15, 0.2) is 16.9 Å². The van der Waals surface area contributed by atoms with Crippen LogP contribution in [-0.2, 0) is 22.2 Å². The highest BCUT2D eigenvalue weighted by Crippen LogP contribution is 2.63. The first-order chi connectivity index (χ1) is 14.9. The molecule has 0 radical (unpaired) electrons. The predicted octanol–water partition coefficient (Wildman–Crippen LogP) is 1.62. The van der Waals surface area contributed by atoms with E-state index < -0.39 is 52.4 Å². The molecule has 1 saturated carbocycles. The van der Waals surface area contributed by atoms with Gasteiger partial charge >= 0.3 is 6.18 Å². The number of nitrogens with zero attached hydrogens (tertiary/aromatic N) is 3. The number of hydrogen-bond donors (Lipinski definition) is 3. The van der Waals surface area contributed by atoms with Crippen LogP contribution in [0.5, 0.6) is 11.5 Å². The normalized spacial score (nSPS) is 28.4. The summed E-state index contributed by atoms with van der Waals surface area (Å²) in [5.74, 6) is -3.33. The van der Waals surface area contributed by atoms with E-state index in [2.05, 4.69) is 4.98 Å². The first kappa shape index (κ1) is 21.9. The zero-order chi connectivity index (χ0) is 23.6. The number of aliphatic hydroxyl groups is 2. The smallest absolute Gasteiger partial charge is 0.437 e. The zero-order valence-corrected chi connectivity index (χ0v) is 16.9. The van der Waals surface area contributed by atoms with Gasteiger partial charge in [-0.05, 0) is 17.7 Å². The first-order valence-corrected chi connectivity index (χ1v) is 9.49. The van der Waals surface area contributed by atoms with E-state index >= 15 is 0 Å². The van der Waals surface area contributed by atoms with Gasteiger partial charge in [0, 0.05) is 26.6 Å². The molecule has 1 amide bonds. The van der Waals surface area contributed by atoms with Crippen LogP contribution in [0.15, 0.2) is 30.3 Å². The number of alkyl halides is 3. The van der Waals surface area contributed by atoms with Crippen LogP contribution in [-0.4, -0.2) is 51.3 Å². The van der Waals surface area contributed by atoms with Crippen LogP contribution in [0.2, 0.25) is 0 Å². The fourth-order valence-corrected chi connectivity index (χ4v) is 4.55. The van der Waals surface area contributed by atoms with Crippen molar-refractivity contribution in [3.05, 3.63) is 52.8 Å². The molecule has 0 saturated heterocycles. The standard InChI is InChI=1S/C21H18F3N3O5/c1-27(2)18(30)12-8-19(11-5-3-10(9-25)4-6-11)20(31,17(12)29)16-14(32-19)7-13(28)15(26-16)21(22,23)24/h3-7,12,17,28-29,31H,8H2,1-2H3/t12-,17-,19-,20+/m1/s1. The maximum atomic E-state index is 13.4. The number of aliphatic hydroxyl groups excluding tert-OH is 1. The van der Waals surface area contributed by atoms with Gasteiger partial charge in [-0.25, -0.2) is 4.98 Å². The topological polar surface area (TPSA) is 127 Å². The Hall–Kier alpha value is -3.36. The van der Waals surface area contributed by atoms with Crippen LogP contribution in [0, 0.1) is 17.2 Å². The number of nitriles is 1. The summed E-state index contributed by atoms with van der Waals surface area (Å²) in [6.45, 7) is 0. The maximum Gasteiger partial charge on any atom is 0.437 e. The van der Waals surface area contributed by atoms with Gasteiger partial charge in [-0.3, -0.25) is 4.79 Å². The molecule has 2 aromatic rings. The second kappa shape index (κ2) is 6.82. The van der Waals surface area contributed by atoms with Crippen LogP contribution >= 0.6 is 0 Å². The number of rotatable bonds is 2. The number of carbonyl (C=O) groups excluding carboxylic acids is 1. The Morgan fingerprint density at radius 1 is 1.31 bits per heavy atom. The van der Waals surface area contributed by atoms with E-state index in [4.69, 9.17) is 10.00 Å². The third-order valence-corrected chi connectivity index (χ3v) is 6.05. The van der Waals surface area contributed by atoms with Crippen molar-refractivity contribution in [2.75, 3.05) is 14.1 Å². The molecule has 11 heteroatoms. The van der Waals surface area contributed by atoms with Crippen molar-refractivity contribution in [3.8, 4) is 17.6 Å². The lowest BCUT2D eigenvalue weighted by Gasteiger charge is -2.36. The Morgan fingerprint density at radius 3 is 2.47 bits per heavy atom. The second-order valence-corrected chi connectivity index (χ2v) is 8.07. The van der Waals surface area contributed by atoms with E-state index in [0.29, 0.717) is 6.07 Å². The molecule has 32 heavy (non-hydrogen) atoms. The number of aromatic nitrogens is 1. The van der Waals surface area contributed by atoms with E-state index in [0.717, 1.165) is 0 Å². The Bertz CT molecular complexity index is 1150. The second-order valence-electron chi connectivity index (χ2n) is 8.07. The zero-order valence-electron chi connectivity index (χ0n) is 16.9. The van der Waals surface area contributed by atoms with Crippen molar-refractivity contribution in [3.63, 3.8) is 0 Å². The summed E-state index contributed by atoms with van der Waals surface area (Å²) in [4.78, 5) is 17.3. The highest BCUT2D eigenvalue weighted by Gasteiger charge is 2.73. The molecule has 1 aromatic carbocycles. The van der Waals surface area contributed by atoms with Gasteiger partial charge in [0.25, 0.3) is 0 Å². The summed E-state index contributed by atoms with van der Waals surface area (Å²) < 4.78 is 46.1. The molecule has 1 aliphatic heterocycles. The summed E-state index contributed by atoms with van der Waals surface area (Å²) in [5.41, 5.74) is -6.22. The van der Waals surface area contributed by atoms with Gasteiger partial charge in [0.1, 0.15) is 23.3 Å². The SMILES string of the molecule is CN(C)C(=O)[C@@H]1C[C@]2(c3ccc(C#N)cc3)Oc3cc(O)c(C(F)(F)F)nc3[C@]2(O)[C@@H]1O. The first-order valence-electron chi connectivity index (χ1n) is 9.49. The van der Waals surface area contributed by atoms with E-state index in [9.17, 15) is 33.3 Å². The maximum absolute atomic E-state index is 13.4. The molecule has 8 nitrogen and oxygen atoms in total. The molecule has 0 bridgehead atoms. The summed E-state index contributed by atoms with van der Waals surface area (Å²) in [6.07, 6.45) is -7.20. The van der Waals surface area contributed by atoms with E-state index in [1.54, 1.807) is 0 Å². The van der Waals surface area contributed by atoms with Crippen molar-refractivity contribution in [2.45, 2.75) is 29.9 Å². The van der Waals surface area contributed by atoms with Crippen molar-refractivity contribution < 1.29 is 38.0 Å². The Kier molecular flexibility index (Phi) is 4.66. The molecule has 1 aromatic heterocycles. The van der Waals surface area contributed by atoms with Gasteiger partial charge in [0.2, 0.25) is 5.91 Å². The van der Waals surface area contributed by atoms with Gasteiger partial charge in [-0.15, -0.1) is 0 Å². The van der Waals surface area contributed by atoms with Crippen molar-refractivity contribution in [1.82, 2.24) is 9.88 Å². The third-order valence-electron chi connectivity index (χ3n) is 6.05. The summed E-state index contributed by atoms with van der Waals surface area (Å²) >= 11 is 0. The number of hydrogen-bond acceptors (Lipinski definition) is 7. The molecular formula is C21H18F3N3O5. The van der Waals surface area contributed by atoms with Crippen molar-refractivity contribution >= 4 is 5.91 Å². The molecule has 2 heterocycles. The molecule has 1 aliphatic carbocycles. The van der Waals surface area contributed by atoms with Crippen LogP contribution < -0.4 is 4.74 Å². The number of fused-ring (bicyclic) bond motifs is 3. The van der Waals surface area contributed by atoms with Crippen LogP contribution in [0.25, 0.3) is 0 Å². The van der Waals surface area contributed by atoms with Gasteiger partial charge in [-0.1, -0.05) is 12.1 Å². The van der Waals surface area contributed by atoms with E-state index in [1.807, 2.05) is 6.07 Å². The molecule has 0 spiro atoms. The minimum Gasteiger partial charge on any atom is -0.506 e. The number of benzene rings is 1. The number of halogens is 3. The highest BCUT2D eigenvalue weighted by molar-refractivity contribution is 5.80. The lowest BCUT2D eigenvalue weighted by Crippen LogP contribution is -2.51. The molecular weight excluding hydrogens is 431 g/mol. The number of carbonyl (C=O) groups is 1. The Balaban J connectivity index is 1.97. The molecule has 3 N–H and O–H groups in total. The minimum atomic E-state index is -5.04. The minimum absolute atomic E-state index is 0.221.